The Morgan fingerprint density at radius 2 is 1.83 bits per heavy atom. The van der Waals surface area contributed by atoms with Gasteiger partial charge < -0.3 is 24.2 Å². The number of pyridine rings is 1. The second-order valence-corrected chi connectivity index (χ2v) is 6.91. The molecule has 0 atom stereocenters. The summed E-state index contributed by atoms with van der Waals surface area (Å²) < 4.78 is 10.7. The number of nitrogens with zero attached hydrogens (tertiary/aromatic N) is 6. The molecule has 0 radical (unpaired) electrons. The first-order valence-electron chi connectivity index (χ1n) is 10.0. The van der Waals surface area contributed by atoms with E-state index in [0.717, 1.165) is 37.9 Å². The molecule has 0 aliphatic carbocycles. The van der Waals surface area contributed by atoms with Crippen LogP contribution < -0.4 is 14.5 Å². The van der Waals surface area contributed by atoms with Crippen molar-refractivity contribution in [3.63, 3.8) is 0 Å². The number of ether oxygens (including phenoxy) is 2. The highest BCUT2D eigenvalue weighted by Crippen LogP contribution is 2.19. The normalized spacial score (nSPS) is 17.3. The molecule has 2 aliphatic heterocycles. The standard InChI is InChI=1S/C20H26N6O3/c1-2-29-18-4-3-16(15-22-18)19(27)25-9-7-24(8-10-25)17-5-6-21-20(23-17)26-11-13-28-14-12-26/h3-6,15H,2,7-14H2,1H3. The average Bonchev–Trinajstić information content (AvgIpc) is 2.80. The van der Waals surface area contributed by atoms with E-state index in [4.69, 9.17) is 14.5 Å². The van der Waals surface area contributed by atoms with Crippen LogP contribution in [0, 0.1) is 0 Å². The monoisotopic (exact) mass is 398 g/mol. The Balaban J connectivity index is 1.36. The number of hydrogen-bond donors (Lipinski definition) is 0. The first kappa shape index (κ1) is 19.4. The molecular weight excluding hydrogens is 372 g/mol. The second kappa shape index (κ2) is 9.04. The molecule has 29 heavy (non-hydrogen) atoms. The summed E-state index contributed by atoms with van der Waals surface area (Å²) in [5, 5.41) is 0. The highest BCUT2D eigenvalue weighted by atomic mass is 16.5. The van der Waals surface area contributed by atoms with E-state index in [9.17, 15) is 4.79 Å². The summed E-state index contributed by atoms with van der Waals surface area (Å²) in [6, 6.07) is 5.44. The van der Waals surface area contributed by atoms with E-state index in [2.05, 4.69) is 19.8 Å². The van der Waals surface area contributed by atoms with Gasteiger partial charge in [0.1, 0.15) is 5.82 Å². The number of amides is 1. The van der Waals surface area contributed by atoms with Crippen LogP contribution in [-0.2, 0) is 4.74 Å². The Labute approximate surface area is 170 Å². The SMILES string of the molecule is CCOc1ccc(C(=O)N2CCN(c3ccnc(N4CCOCC4)n3)CC2)cn1. The summed E-state index contributed by atoms with van der Waals surface area (Å²) in [6.45, 7) is 8.23. The molecule has 2 aliphatic rings. The zero-order chi connectivity index (χ0) is 20.1. The Kier molecular flexibility index (Phi) is 6.04. The summed E-state index contributed by atoms with van der Waals surface area (Å²) in [6.07, 6.45) is 3.38. The van der Waals surface area contributed by atoms with E-state index in [0.29, 0.717) is 44.4 Å². The quantitative estimate of drug-likeness (QED) is 0.740. The minimum absolute atomic E-state index is 0.00288. The lowest BCUT2D eigenvalue weighted by atomic mass is 10.2. The minimum atomic E-state index is -0.00288. The predicted octanol–water partition coefficient (Wildman–Crippen LogP) is 1.07. The van der Waals surface area contributed by atoms with Crippen molar-refractivity contribution in [2.45, 2.75) is 6.92 Å². The van der Waals surface area contributed by atoms with Crippen molar-refractivity contribution in [3.8, 4) is 5.88 Å². The molecule has 0 unspecified atom stereocenters. The summed E-state index contributed by atoms with van der Waals surface area (Å²) in [5.74, 6) is 2.17. The fourth-order valence-electron chi connectivity index (χ4n) is 3.49. The lowest BCUT2D eigenvalue weighted by molar-refractivity contribution is 0.0746. The van der Waals surface area contributed by atoms with Crippen LogP contribution in [0.25, 0.3) is 0 Å². The van der Waals surface area contributed by atoms with E-state index in [1.165, 1.54) is 0 Å². The molecule has 1 amide bonds. The van der Waals surface area contributed by atoms with Gasteiger partial charge in [-0.2, -0.15) is 4.98 Å². The molecule has 0 aromatic carbocycles. The lowest BCUT2D eigenvalue weighted by Gasteiger charge is -2.36. The van der Waals surface area contributed by atoms with Crippen LogP contribution >= 0.6 is 0 Å². The van der Waals surface area contributed by atoms with Gasteiger partial charge in [0.15, 0.2) is 0 Å². The van der Waals surface area contributed by atoms with Crippen molar-refractivity contribution in [1.82, 2.24) is 19.9 Å². The smallest absolute Gasteiger partial charge is 0.255 e. The van der Waals surface area contributed by atoms with Gasteiger partial charge in [-0.1, -0.05) is 0 Å². The van der Waals surface area contributed by atoms with E-state index in [1.54, 1.807) is 24.5 Å². The van der Waals surface area contributed by atoms with Crippen molar-refractivity contribution in [2.75, 3.05) is 68.9 Å². The fourth-order valence-corrected chi connectivity index (χ4v) is 3.49. The number of carbonyl (C=O) groups excluding carboxylic acids is 1. The van der Waals surface area contributed by atoms with Gasteiger partial charge in [0.25, 0.3) is 5.91 Å². The number of piperazine rings is 1. The molecule has 2 aromatic heterocycles. The molecule has 4 heterocycles. The number of morpholine rings is 1. The van der Waals surface area contributed by atoms with Crippen LogP contribution in [0.1, 0.15) is 17.3 Å². The molecule has 0 bridgehead atoms. The van der Waals surface area contributed by atoms with Crippen molar-refractivity contribution in [3.05, 3.63) is 36.2 Å². The van der Waals surface area contributed by atoms with Crippen LogP contribution in [0.15, 0.2) is 30.6 Å². The molecule has 2 aromatic rings. The number of rotatable bonds is 5. The minimum Gasteiger partial charge on any atom is -0.478 e. The van der Waals surface area contributed by atoms with Gasteiger partial charge in [0.05, 0.1) is 25.4 Å². The van der Waals surface area contributed by atoms with Crippen molar-refractivity contribution in [2.24, 2.45) is 0 Å². The maximum atomic E-state index is 12.8. The zero-order valence-electron chi connectivity index (χ0n) is 16.7. The zero-order valence-corrected chi connectivity index (χ0v) is 16.7. The predicted molar refractivity (Wildman–Crippen MR) is 109 cm³/mol. The molecule has 0 spiro atoms. The van der Waals surface area contributed by atoms with Gasteiger partial charge in [-0.3, -0.25) is 4.79 Å². The van der Waals surface area contributed by atoms with Crippen molar-refractivity contribution >= 4 is 17.7 Å². The van der Waals surface area contributed by atoms with Crippen LogP contribution in [0.5, 0.6) is 5.88 Å². The third kappa shape index (κ3) is 4.56. The van der Waals surface area contributed by atoms with Gasteiger partial charge in [0.2, 0.25) is 11.8 Å². The first-order valence-corrected chi connectivity index (χ1v) is 10.0. The van der Waals surface area contributed by atoms with Crippen LogP contribution in [0.4, 0.5) is 11.8 Å². The lowest BCUT2D eigenvalue weighted by Crippen LogP contribution is -2.49. The molecule has 2 fully saturated rings. The van der Waals surface area contributed by atoms with Crippen molar-refractivity contribution in [1.29, 1.82) is 0 Å². The topological polar surface area (TPSA) is 83.9 Å². The van der Waals surface area contributed by atoms with E-state index < -0.39 is 0 Å². The van der Waals surface area contributed by atoms with E-state index in [-0.39, 0.29) is 5.91 Å². The molecule has 4 rings (SSSR count). The summed E-state index contributed by atoms with van der Waals surface area (Å²) >= 11 is 0. The van der Waals surface area contributed by atoms with Gasteiger partial charge in [-0.05, 0) is 19.1 Å². The van der Waals surface area contributed by atoms with Crippen LogP contribution in [-0.4, -0.2) is 84.8 Å². The van der Waals surface area contributed by atoms with E-state index in [1.807, 2.05) is 17.9 Å². The maximum absolute atomic E-state index is 12.8. The molecule has 9 heteroatoms. The van der Waals surface area contributed by atoms with Crippen molar-refractivity contribution < 1.29 is 14.3 Å². The van der Waals surface area contributed by atoms with Crippen LogP contribution in [0.3, 0.4) is 0 Å². The van der Waals surface area contributed by atoms with Crippen LogP contribution in [0.2, 0.25) is 0 Å². The Bertz CT molecular complexity index is 817. The molecule has 154 valence electrons. The van der Waals surface area contributed by atoms with Gasteiger partial charge in [0, 0.05) is 57.7 Å². The first-order chi connectivity index (χ1) is 14.2. The van der Waals surface area contributed by atoms with E-state index >= 15 is 0 Å². The third-order valence-electron chi connectivity index (χ3n) is 5.09. The number of aromatic nitrogens is 3. The Morgan fingerprint density at radius 3 is 2.52 bits per heavy atom. The molecular formula is C20H26N6O3. The van der Waals surface area contributed by atoms with Gasteiger partial charge >= 0.3 is 0 Å². The summed E-state index contributed by atoms with van der Waals surface area (Å²) in [4.78, 5) is 32.3. The second-order valence-electron chi connectivity index (χ2n) is 6.91. The number of anilines is 2. The average molecular weight is 398 g/mol. The highest BCUT2D eigenvalue weighted by molar-refractivity contribution is 5.94. The summed E-state index contributed by atoms with van der Waals surface area (Å²) in [7, 11) is 0. The molecule has 2 saturated heterocycles. The molecule has 0 saturated carbocycles. The Morgan fingerprint density at radius 1 is 1.03 bits per heavy atom. The number of carbonyl (C=O) groups is 1. The molecule has 0 N–H and O–H groups in total. The maximum Gasteiger partial charge on any atom is 0.255 e. The summed E-state index contributed by atoms with van der Waals surface area (Å²) in [5.41, 5.74) is 0.582. The third-order valence-corrected chi connectivity index (χ3v) is 5.09. The Hall–Kier alpha value is -2.94. The number of hydrogen-bond acceptors (Lipinski definition) is 8. The highest BCUT2D eigenvalue weighted by Gasteiger charge is 2.24. The fraction of sp³-hybridized carbons (Fsp3) is 0.500. The van der Waals surface area contributed by atoms with Gasteiger partial charge in [-0.15, -0.1) is 0 Å². The molecule has 9 nitrogen and oxygen atoms in total. The largest absolute Gasteiger partial charge is 0.478 e. The van der Waals surface area contributed by atoms with Gasteiger partial charge in [-0.25, -0.2) is 9.97 Å².